The van der Waals surface area contributed by atoms with Crippen LogP contribution in [0.2, 0.25) is 0 Å². The Morgan fingerprint density at radius 1 is 1.25 bits per heavy atom. The van der Waals surface area contributed by atoms with E-state index >= 15 is 0 Å². The molecule has 4 nitrogen and oxygen atoms in total. The SMILES string of the molecule is COC(=O)C1(C)OC1(C)CCC1OC1(C)CC/C=C(/C)C(F)(F)F. The number of epoxide rings is 2. The third-order valence-corrected chi connectivity index (χ3v) is 5.43. The molecule has 7 heteroatoms. The standard InChI is InChI=1S/C17H25F3O4/c1-11(17(18,19)20)7-6-9-14(2)12(23-14)8-10-15(3)16(4,24-15)13(21)22-5/h7,12H,6,8-10H2,1-5H3/b11-7-. The number of methoxy groups -OCH3 is 1. The molecule has 0 saturated carbocycles. The number of allylic oxidation sites excluding steroid dienone is 2. The summed E-state index contributed by atoms with van der Waals surface area (Å²) in [5.41, 5.74) is -2.45. The van der Waals surface area contributed by atoms with Gasteiger partial charge in [-0.25, -0.2) is 4.79 Å². The molecular weight excluding hydrogens is 325 g/mol. The van der Waals surface area contributed by atoms with Gasteiger partial charge in [0.1, 0.15) is 5.60 Å². The molecule has 0 aromatic carbocycles. The van der Waals surface area contributed by atoms with Crippen molar-refractivity contribution in [2.24, 2.45) is 0 Å². The normalized spacial score (nSPS) is 38.8. The molecule has 0 N–H and O–H groups in total. The van der Waals surface area contributed by atoms with Crippen LogP contribution in [0.15, 0.2) is 11.6 Å². The van der Waals surface area contributed by atoms with Crippen molar-refractivity contribution in [1.82, 2.24) is 0 Å². The van der Waals surface area contributed by atoms with Crippen molar-refractivity contribution in [3.63, 3.8) is 0 Å². The lowest BCUT2D eigenvalue weighted by Crippen LogP contribution is -2.31. The van der Waals surface area contributed by atoms with E-state index in [1.807, 2.05) is 13.8 Å². The fraction of sp³-hybridized carbons (Fsp3) is 0.824. The van der Waals surface area contributed by atoms with Crippen molar-refractivity contribution in [1.29, 1.82) is 0 Å². The largest absolute Gasteiger partial charge is 0.467 e. The van der Waals surface area contributed by atoms with Crippen LogP contribution in [0.25, 0.3) is 0 Å². The highest BCUT2D eigenvalue weighted by Gasteiger charge is 2.69. The molecule has 2 aliphatic heterocycles. The van der Waals surface area contributed by atoms with E-state index in [-0.39, 0.29) is 6.10 Å². The lowest BCUT2D eigenvalue weighted by Gasteiger charge is -2.11. The summed E-state index contributed by atoms with van der Waals surface area (Å²) in [6, 6.07) is 0. The number of hydrogen-bond donors (Lipinski definition) is 0. The monoisotopic (exact) mass is 350 g/mol. The second kappa shape index (κ2) is 6.02. The zero-order valence-electron chi connectivity index (χ0n) is 14.8. The van der Waals surface area contributed by atoms with Crippen LogP contribution in [0.5, 0.6) is 0 Å². The number of carbonyl (C=O) groups excluding carboxylic acids is 1. The van der Waals surface area contributed by atoms with Gasteiger partial charge in [0, 0.05) is 5.57 Å². The Morgan fingerprint density at radius 3 is 2.42 bits per heavy atom. The fourth-order valence-corrected chi connectivity index (χ4v) is 3.14. The molecule has 4 unspecified atom stereocenters. The summed E-state index contributed by atoms with van der Waals surface area (Å²) in [5.74, 6) is -0.391. The lowest BCUT2D eigenvalue weighted by molar-refractivity contribution is -0.146. The summed E-state index contributed by atoms with van der Waals surface area (Å²) in [5, 5.41) is 0. The van der Waals surface area contributed by atoms with Gasteiger partial charge < -0.3 is 14.2 Å². The first-order chi connectivity index (χ1) is 10.9. The summed E-state index contributed by atoms with van der Waals surface area (Å²) in [7, 11) is 1.33. The molecule has 2 saturated heterocycles. The predicted molar refractivity (Wildman–Crippen MR) is 81.5 cm³/mol. The maximum absolute atomic E-state index is 12.4. The van der Waals surface area contributed by atoms with E-state index < -0.39 is 34.5 Å². The number of hydrogen-bond acceptors (Lipinski definition) is 4. The molecule has 138 valence electrons. The van der Waals surface area contributed by atoms with E-state index in [4.69, 9.17) is 14.2 Å². The van der Waals surface area contributed by atoms with E-state index in [0.29, 0.717) is 25.7 Å². The molecule has 0 bridgehead atoms. The number of ether oxygens (including phenoxy) is 3. The fourth-order valence-electron chi connectivity index (χ4n) is 3.14. The van der Waals surface area contributed by atoms with Crippen LogP contribution in [-0.4, -0.2) is 42.2 Å². The molecule has 2 aliphatic rings. The Balaban J connectivity index is 1.77. The molecule has 24 heavy (non-hydrogen) atoms. The van der Waals surface area contributed by atoms with Crippen molar-refractivity contribution in [2.45, 2.75) is 82.5 Å². The van der Waals surface area contributed by atoms with Crippen LogP contribution >= 0.6 is 0 Å². The zero-order chi connectivity index (χ0) is 18.4. The summed E-state index contributed by atoms with van der Waals surface area (Å²) in [4.78, 5) is 11.7. The first-order valence-corrected chi connectivity index (χ1v) is 8.08. The molecule has 0 spiro atoms. The molecular formula is C17H25F3O4. The average Bonchev–Trinajstić information content (AvgIpc) is 3.30. The quantitative estimate of drug-likeness (QED) is 0.397. The van der Waals surface area contributed by atoms with E-state index in [1.54, 1.807) is 6.92 Å². The van der Waals surface area contributed by atoms with E-state index in [0.717, 1.165) is 6.92 Å². The highest BCUT2D eigenvalue weighted by Crippen LogP contribution is 2.53. The molecule has 0 aromatic rings. The molecule has 2 rings (SSSR count). The molecule has 0 radical (unpaired) electrons. The molecule has 4 atom stereocenters. The zero-order valence-corrected chi connectivity index (χ0v) is 14.8. The van der Waals surface area contributed by atoms with Gasteiger partial charge >= 0.3 is 12.1 Å². The Bertz CT molecular complexity index is 544. The summed E-state index contributed by atoms with van der Waals surface area (Å²) in [6.45, 7) is 6.55. The van der Waals surface area contributed by atoms with Gasteiger partial charge in [0.2, 0.25) is 0 Å². The molecule has 0 aliphatic carbocycles. The summed E-state index contributed by atoms with van der Waals surface area (Å²) < 4.78 is 53.3. The number of alkyl halides is 3. The molecule has 2 fully saturated rings. The van der Waals surface area contributed by atoms with Crippen molar-refractivity contribution >= 4 is 5.97 Å². The maximum atomic E-state index is 12.4. The van der Waals surface area contributed by atoms with Gasteiger partial charge in [-0.05, 0) is 53.4 Å². The van der Waals surface area contributed by atoms with E-state index in [2.05, 4.69) is 0 Å². The van der Waals surface area contributed by atoms with Gasteiger partial charge in [-0.1, -0.05) is 6.08 Å². The Kier molecular flexibility index (Phi) is 4.83. The Labute approximate surface area is 140 Å². The number of halogens is 3. The van der Waals surface area contributed by atoms with Crippen LogP contribution in [0.4, 0.5) is 13.2 Å². The molecule has 0 amide bonds. The Hall–Kier alpha value is -1.08. The summed E-state index contributed by atoms with van der Waals surface area (Å²) in [6.07, 6.45) is -0.870. The van der Waals surface area contributed by atoms with E-state index in [1.165, 1.54) is 13.2 Å². The second-order valence-corrected chi connectivity index (χ2v) is 7.24. The topological polar surface area (TPSA) is 51.4 Å². The molecule has 0 aromatic heterocycles. The third kappa shape index (κ3) is 3.61. The smallest absolute Gasteiger partial charge is 0.412 e. The number of esters is 1. The van der Waals surface area contributed by atoms with Gasteiger partial charge in [-0.3, -0.25) is 0 Å². The highest BCUT2D eigenvalue weighted by molar-refractivity contribution is 5.84. The van der Waals surface area contributed by atoms with Crippen LogP contribution in [0, 0.1) is 0 Å². The number of rotatable bonds is 7. The first-order valence-electron chi connectivity index (χ1n) is 8.08. The van der Waals surface area contributed by atoms with Crippen LogP contribution in [-0.2, 0) is 19.0 Å². The van der Waals surface area contributed by atoms with Crippen molar-refractivity contribution in [3.05, 3.63) is 11.6 Å². The third-order valence-electron chi connectivity index (χ3n) is 5.43. The van der Waals surface area contributed by atoms with Crippen molar-refractivity contribution in [3.8, 4) is 0 Å². The van der Waals surface area contributed by atoms with Gasteiger partial charge in [-0.15, -0.1) is 0 Å². The van der Waals surface area contributed by atoms with Gasteiger partial charge in [0.15, 0.2) is 5.60 Å². The van der Waals surface area contributed by atoms with Crippen LogP contribution in [0.3, 0.4) is 0 Å². The average molecular weight is 350 g/mol. The highest BCUT2D eigenvalue weighted by atomic mass is 19.4. The van der Waals surface area contributed by atoms with Gasteiger partial charge in [0.25, 0.3) is 0 Å². The lowest BCUT2D eigenvalue weighted by atomic mass is 9.88. The van der Waals surface area contributed by atoms with Crippen molar-refractivity contribution < 1.29 is 32.2 Å². The van der Waals surface area contributed by atoms with Gasteiger partial charge in [0.05, 0.1) is 18.8 Å². The minimum Gasteiger partial charge on any atom is -0.467 e. The van der Waals surface area contributed by atoms with Crippen molar-refractivity contribution in [2.75, 3.05) is 7.11 Å². The summed E-state index contributed by atoms with van der Waals surface area (Å²) >= 11 is 0. The Morgan fingerprint density at radius 2 is 1.88 bits per heavy atom. The maximum Gasteiger partial charge on any atom is 0.412 e. The molecule has 2 heterocycles. The first kappa shape index (κ1) is 19.2. The minimum atomic E-state index is -4.26. The van der Waals surface area contributed by atoms with Crippen LogP contribution < -0.4 is 0 Å². The number of carbonyl (C=O) groups is 1. The van der Waals surface area contributed by atoms with E-state index in [9.17, 15) is 18.0 Å². The van der Waals surface area contributed by atoms with Crippen LogP contribution in [0.1, 0.15) is 53.4 Å². The predicted octanol–water partition coefficient (Wildman–Crippen LogP) is 3.93. The second-order valence-electron chi connectivity index (χ2n) is 7.24. The van der Waals surface area contributed by atoms with Gasteiger partial charge in [-0.2, -0.15) is 13.2 Å². The minimum absolute atomic E-state index is 0.0139.